The molecule has 2 heterocycles. The molecular weight excluding hydrogens is 236 g/mol. The van der Waals surface area contributed by atoms with E-state index < -0.39 is 0 Å². The molecule has 1 unspecified atom stereocenters. The highest BCUT2D eigenvalue weighted by Crippen LogP contribution is 2.34. The number of anilines is 1. The van der Waals surface area contributed by atoms with Gasteiger partial charge < -0.3 is 10.6 Å². The van der Waals surface area contributed by atoms with Crippen molar-refractivity contribution in [2.75, 3.05) is 18.0 Å². The first kappa shape index (κ1) is 12.9. The number of hydrogen-bond donors (Lipinski definition) is 1. The van der Waals surface area contributed by atoms with Gasteiger partial charge in [-0.05, 0) is 50.1 Å². The standard InChI is InChI=1S/C15H24N4/c16-8-7-14-6-3-9-19(14)15-17-10-13(11-18-15)12-4-1-2-5-12/h10-12,14H,1-9,16H2. The van der Waals surface area contributed by atoms with Crippen LogP contribution in [0.3, 0.4) is 0 Å². The lowest BCUT2D eigenvalue weighted by Gasteiger charge is -2.24. The van der Waals surface area contributed by atoms with Gasteiger partial charge in [-0.15, -0.1) is 0 Å². The van der Waals surface area contributed by atoms with Crippen molar-refractivity contribution < 1.29 is 0 Å². The lowest BCUT2D eigenvalue weighted by molar-refractivity contribution is 0.608. The summed E-state index contributed by atoms with van der Waals surface area (Å²) in [6.07, 6.45) is 12.9. The lowest BCUT2D eigenvalue weighted by Crippen LogP contribution is -2.32. The van der Waals surface area contributed by atoms with E-state index in [0.29, 0.717) is 12.0 Å². The number of nitrogens with zero attached hydrogens (tertiary/aromatic N) is 3. The van der Waals surface area contributed by atoms with Crippen LogP contribution in [0, 0.1) is 0 Å². The lowest BCUT2D eigenvalue weighted by atomic mass is 10.0. The topological polar surface area (TPSA) is 55.0 Å². The average molecular weight is 260 g/mol. The third-order valence-corrected chi connectivity index (χ3v) is 4.62. The van der Waals surface area contributed by atoms with E-state index in [2.05, 4.69) is 27.3 Å². The molecule has 0 spiro atoms. The number of aromatic nitrogens is 2. The molecule has 1 aromatic rings. The minimum absolute atomic E-state index is 0.544. The van der Waals surface area contributed by atoms with E-state index in [1.807, 2.05) is 0 Å². The van der Waals surface area contributed by atoms with Gasteiger partial charge in [0, 0.05) is 25.0 Å². The third-order valence-electron chi connectivity index (χ3n) is 4.62. The molecule has 4 heteroatoms. The van der Waals surface area contributed by atoms with Gasteiger partial charge in [-0.2, -0.15) is 0 Å². The summed E-state index contributed by atoms with van der Waals surface area (Å²) in [5.74, 6) is 1.60. The zero-order chi connectivity index (χ0) is 13.1. The van der Waals surface area contributed by atoms with Crippen molar-refractivity contribution in [1.29, 1.82) is 0 Å². The Labute approximate surface area is 115 Å². The Morgan fingerprint density at radius 1 is 1.11 bits per heavy atom. The zero-order valence-electron chi connectivity index (χ0n) is 11.6. The summed E-state index contributed by atoms with van der Waals surface area (Å²) in [4.78, 5) is 11.6. The van der Waals surface area contributed by atoms with E-state index in [-0.39, 0.29) is 0 Å². The maximum absolute atomic E-state index is 5.69. The van der Waals surface area contributed by atoms with Crippen molar-refractivity contribution in [1.82, 2.24) is 9.97 Å². The van der Waals surface area contributed by atoms with Crippen molar-refractivity contribution in [3.8, 4) is 0 Å². The van der Waals surface area contributed by atoms with E-state index in [4.69, 9.17) is 5.73 Å². The largest absolute Gasteiger partial charge is 0.338 e. The van der Waals surface area contributed by atoms with Crippen molar-refractivity contribution in [3.63, 3.8) is 0 Å². The normalized spacial score (nSPS) is 24.3. The Bertz CT molecular complexity index is 397. The molecule has 104 valence electrons. The van der Waals surface area contributed by atoms with Gasteiger partial charge in [-0.1, -0.05) is 12.8 Å². The molecular formula is C15H24N4. The van der Waals surface area contributed by atoms with Crippen LogP contribution >= 0.6 is 0 Å². The van der Waals surface area contributed by atoms with Crippen LogP contribution in [0.25, 0.3) is 0 Å². The summed E-state index contributed by atoms with van der Waals surface area (Å²) >= 11 is 0. The van der Waals surface area contributed by atoms with E-state index in [9.17, 15) is 0 Å². The Morgan fingerprint density at radius 3 is 2.53 bits per heavy atom. The molecule has 3 rings (SSSR count). The monoisotopic (exact) mass is 260 g/mol. The van der Waals surface area contributed by atoms with Crippen LogP contribution in [-0.2, 0) is 0 Å². The minimum atomic E-state index is 0.544. The molecule has 0 aromatic carbocycles. The predicted octanol–water partition coefficient (Wildman–Crippen LogP) is 2.45. The fraction of sp³-hybridized carbons (Fsp3) is 0.733. The first-order chi connectivity index (χ1) is 9.38. The fourth-order valence-electron chi connectivity index (χ4n) is 3.54. The quantitative estimate of drug-likeness (QED) is 0.903. The maximum atomic E-state index is 5.69. The second-order valence-electron chi connectivity index (χ2n) is 5.86. The predicted molar refractivity (Wildman–Crippen MR) is 77.3 cm³/mol. The Balaban J connectivity index is 1.71. The summed E-state index contributed by atoms with van der Waals surface area (Å²) in [7, 11) is 0. The highest BCUT2D eigenvalue weighted by atomic mass is 15.3. The molecule has 0 bridgehead atoms. The molecule has 19 heavy (non-hydrogen) atoms. The molecule has 1 aromatic heterocycles. The van der Waals surface area contributed by atoms with Crippen LogP contribution in [0.4, 0.5) is 5.95 Å². The summed E-state index contributed by atoms with van der Waals surface area (Å²) < 4.78 is 0. The molecule has 1 saturated carbocycles. The summed E-state index contributed by atoms with van der Waals surface area (Å²) in [6.45, 7) is 1.83. The van der Waals surface area contributed by atoms with Gasteiger partial charge in [0.1, 0.15) is 0 Å². The number of hydrogen-bond acceptors (Lipinski definition) is 4. The summed E-state index contributed by atoms with van der Waals surface area (Å²) in [5, 5.41) is 0. The molecule has 2 fully saturated rings. The van der Waals surface area contributed by atoms with Crippen LogP contribution in [0.15, 0.2) is 12.4 Å². The number of rotatable bonds is 4. The van der Waals surface area contributed by atoms with Gasteiger partial charge in [-0.25, -0.2) is 9.97 Å². The maximum Gasteiger partial charge on any atom is 0.225 e. The van der Waals surface area contributed by atoms with E-state index in [1.165, 1.54) is 44.1 Å². The third kappa shape index (κ3) is 2.73. The number of nitrogens with two attached hydrogens (primary N) is 1. The summed E-state index contributed by atoms with van der Waals surface area (Å²) in [5.41, 5.74) is 7.02. The first-order valence-electron chi connectivity index (χ1n) is 7.67. The Morgan fingerprint density at radius 2 is 1.84 bits per heavy atom. The highest BCUT2D eigenvalue weighted by Gasteiger charge is 2.26. The SMILES string of the molecule is NCCC1CCCN1c1ncc(C2CCCC2)cn1. The van der Waals surface area contributed by atoms with Gasteiger partial charge in [0.2, 0.25) is 5.95 Å². The van der Waals surface area contributed by atoms with Gasteiger partial charge in [0.25, 0.3) is 0 Å². The molecule has 1 atom stereocenters. The van der Waals surface area contributed by atoms with Crippen LogP contribution < -0.4 is 10.6 Å². The van der Waals surface area contributed by atoms with Crippen molar-refractivity contribution in [2.24, 2.45) is 5.73 Å². The van der Waals surface area contributed by atoms with Crippen LogP contribution in [0.5, 0.6) is 0 Å². The first-order valence-corrected chi connectivity index (χ1v) is 7.67. The fourth-order valence-corrected chi connectivity index (χ4v) is 3.54. The molecule has 1 saturated heterocycles. The van der Waals surface area contributed by atoms with Crippen molar-refractivity contribution in [2.45, 2.75) is 56.9 Å². The molecule has 0 amide bonds. The molecule has 2 N–H and O–H groups in total. The zero-order valence-corrected chi connectivity index (χ0v) is 11.6. The van der Waals surface area contributed by atoms with Crippen LogP contribution in [0.1, 0.15) is 56.4 Å². The van der Waals surface area contributed by atoms with Crippen LogP contribution in [0.2, 0.25) is 0 Å². The van der Waals surface area contributed by atoms with Gasteiger partial charge in [0.15, 0.2) is 0 Å². The molecule has 2 aliphatic rings. The molecule has 1 aliphatic carbocycles. The average Bonchev–Trinajstić information content (AvgIpc) is 3.10. The Kier molecular flexibility index (Phi) is 3.97. The van der Waals surface area contributed by atoms with Gasteiger partial charge in [-0.3, -0.25) is 0 Å². The van der Waals surface area contributed by atoms with Crippen molar-refractivity contribution >= 4 is 5.95 Å². The van der Waals surface area contributed by atoms with Crippen molar-refractivity contribution in [3.05, 3.63) is 18.0 Å². The second kappa shape index (κ2) is 5.87. The molecule has 4 nitrogen and oxygen atoms in total. The van der Waals surface area contributed by atoms with Gasteiger partial charge in [0.05, 0.1) is 0 Å². The van der Waals surface area contributed by atoms with E-state index in [1.54, 1.807) is 0 Å². The van der Waals surface area contributed by atoms with E-state index in [0.717, 1.165) is 25.5 Å². The van der Waals surface area contributed by atoms with Gasteiger partial charge >= 0.3 is 0 Å². The summed E-state index contributed by atoms with van der Waals surface area (Å²) in [6, 6.07) is 0.544. The highest BCUT2D eigenvalue weighted by molar-refractivity contribution is 5.34. The van der Waals surface area contributed by atoms with Crippen LogP contribution in [-0.4, -0.2) is 29.1 Å². The molecule has 1 aliphatic heterocycles. The Hall–Kier alpha value is -1.16. The smallest absolute Gasteiger partial charge is 0.225 e. The minimum Gasteiger partial charge on any atom is -0.338 e. The van der Waals surface area contributed by atoms with E-state index >= 15 is 0 Å². The second-order valence-corrected chi connectivity index (χ2v) is 5.86. The molecule has 0 radical (unpaired) electrons.